The fraction of sp³-hybridized carbons (Fsp3) is 0.231. The van der Waals surface area contributed by atoms with E-state index in [-0.39, 0.29) is 6.04 Å². The Kier molecular flexibility index (Phi) is 3.54. The predicted molar refractivity (Wildman–Crippen MR) is 66.0 cm³/mol. The zero-order valence-corrected chi connectivity index (χ0v) is 10.2. The lowest BCUT2D eigenvalue weighted by Gasteiger charge is -2.12. The Morgan fingerprint density at radius 1 is 1.29 bits per heavy atom. The van der Waals surface area contributed by atoms with Crippen LogP contribution in [0.15, 0.2) is 29.6 Å². The summed E-state index contributed by atoms with van der Waals surface area (Å²) in [4.78, 5) is 1.14. The molecule has 1 heterocycles. The van der Waals surface area contributed by atoms with Crippen LogP contribution in [0.1, 0.15) is 22.0 Å². The van der Waals surface area contributed by atoms with Gasteiger partial charge in [-0.3, -0.25) is 0 Å². The Balaban J connectivity index is 2.19. The van der Waals surface area contributed by atoms with Crippen LogP contribution in [0.4, 0.5) is 8.78 Å². The zero-order chi connectivity index (χ0) is 12.4. The second-order valence-corrected chi connectivity index (χ2v) is 5.10. The molecule has 1 aromatic carbocycles. The smallest absolute Gasteiger partial charge is 0.129 e. The number of halogens is 2. The van der Waals surface area contributed by atoms with Gasteiger partial charge >= 0.3 is 0 Å². The number of aryl methyl sites for hydroxylation is 1. The fourth-order valence-corrected chi connectivity index (χ4v) is 2.59. The van der Waals surface area contributed by atoms with Crippen molar-refractivity contribution in [2.45, 2.75) is 19.4 Å². The van der Waals surface area contributed by atoms with Crippen LogP contribution >= 0.6 is 11.3 Å². The van der Waals surface area contributed by atoms with Crippen molar-refractivity contribution < 1.29 is 8.78 Å². The van der Waals surface area contributed by atoms with E-state index in [1.165, 1.54) is 12.1 Å². The van der Waals surface area contributed by atoms with Gasteiger partial charge in [-0.1, -0.05) is 6.07 Å². The summed E-state index contributed by atoms with van der Waals surface area (Å²) in [5, 5.41) is 1.96. The van der Waals surface area contributed by atoms with Crippen molar-refractivity contribution in [1.29, 1.82) is 0 Å². The standard InChI is InChI=1S/C13H13F2NS/c1-8-11(4-5-17-8)13(16)6-9-2-3-10(14)7-12(9)15/h2-5,7,13H,6,16H2,1H3. The van der Waals surface area contributed by atoms with E-state index in [2.05, 4.69) is 0 Å². The summed E-state index contributed by atoms with van der Waals surface area (Å²) < 4.78 is 26.2. The van der Waals surface area contributed by atoms with Crippen molar-refractivity contribution in [3.8, 4) is 0 Å². The maximum absolute atomic E-state index is 13.5. The topological polar surface area (TPSA) is 26.0 Å². The first-order chi connectivity index (χ1) is 8.08. The molecule has 1 nitrogen and oxygen atoms in total. The van der Waals surface area contributed by atoms with Gasteiger partial charge in [0.05, 0.1) is 0 Å². The number of nitrogens with two attached hydrogens (primary N) is 1. The Hall–Kier alpha value is -1.26. The van der Waals surface area contributed by atoms with Crippen LogP contribution in [0.25, 0.3) is 0 Å². The molecule has 0 saturated heterocycles. The van der Waals surface area contributed by atoms with E-state index in [4.69, 9.17) is 5.73 Å². The van der Waals surface area contributed by atoms with E-state index in [0.29, 0.717) is 12.0 Å². The van der Waals surface area contributed by atoms with E-state index >= 15 is 0 Å². The molecule has 0 aliphatic rings. The van der Waals surface area contributed by atoms with Gasteiger partial charge in [0.1, 0.15) is 11.6 Å². The molecular formula is C13H13F2NS. The normalized spacial score (nSPS) is 12.7. The van der Waals surface area contributed by atoms with Crippen LogP contribution < -0.4 is 5.73 Å². The third kappa shape index (κ3) is 2.70. The third-order valence-corrected chi connectivity index (χ3v) is 3.61. The maximum atomic E-state index is 13.5. The Labute approximate surface area is 103 Å². The molecule has 2 rings (SSSR count). The third-order valence-electron chi connectivity index (χ3n) is 2.75. The van der Waals surface area contributed by atoms with Gasteiger partial charge in [0.25, 0.3) is 0 Å². The summed E-state index contributed by atoms with van der Waals surface area (Å²) in [5.41, 5.74) is 7.50. The number of rotatable bonds is 3. The number of thiophene rings is 1. The minimum absolute atomic E-state index is 0.249. The molecule has 1 unspecified atom stereocenters. The fourth-order valence-electron chi connectivity index (χ4n) is 1.81. The molecular weight excluding hydrogens is 240 g/mol. The van der Waals surface area contributed by atoms with Crippen LogP contribution in [0.5, 0.6) is 0 Å². The first kappa shape index (κ1) is 12.2. The molecule has 2 aromatic rings. The van der Waals surface area contributed by atoms with Crippen LogP contribution in [-0.2, 0) is 6.42 Å². The van der Waals surface area contributed by atoms with E-state index < -0.39 is 11.6 Å². The highest BCUT2D eigenvalue weighted by atomic mass is 32.1. The van der Waals surface area contributed by atoms with Crippen LogP contribution in [0.3, 0.4) is 0 Å². The molecule has 4 heteroatoms. The number of hydrogen-bond donors (Lipinski definition) is 1. The predicted octanol–water partition coefficient (Wildman–Crippen LogP) is 3.58. The number of hydrogen-bond acceptors (Lipinski definition) is 2. The van der Waals surface area contributed by atoms with Crippen molar-refractivity contribution in [2.75, 3.05) is 0 Å². The summed E-state index contributed by atoms with van der Waals surface area (Å²) >= 11 is 1.62. The average Bonchev–Trinajstić information content (AvgIpc) is 2.68. The molecule has 0 aliphatic heterocycles. The van der Waals surface area contributed by atoms with Gasteiger partial charge in [0, 0.05) is 17.0 Å². The van der Waals surface area contributed by atoms with Gasteiger partial charge in [-0.25, -0.2) is 8.78 Å². The van der Waals surface area contributed by atoms with Gasteiger partial charge in [0.15, 0.2) is 0 Å². The average molecular weight is 253 g/mol. The van der Waals surface area contributed by atoms with Crippen LogP contribution in [0, 0.1) is 18.6 Å². The van der Waals surface area contributed by atoms with Gasteiger partial charge in [-0.15, -0.1) is 11.3 Å². The minimum Gasteiger partial charge on any atom is -0.324 e. The molecule has 0 bridgehead atoms. The summed E-state index contributed by atoms with van der Waals surface area (Å²) in [5.74, 6) is -1.10. The second-order valence-electron chi connectivity index (χ2n) is 3.98. The molecule has 0 fully saturated rings. The van der Waals surface area contributed by atoms with E-state index in [9.17, 15) is 8.78 Å². The van der Waals surface area contributed by atoms with E-state index in [1.54, 1.807) is 11.3 Å². The lowest BCUT2D eigenvalue weighted by molar-refractivity contribution is 0.563. The molecule has 0 spiro atoms. The highest BCUT2D eigenvalue weighted by Crippen LogP contribution is 2.24. The first-order valence-electron chi connectivity index (χ1n) is 5.31. The summed E-state index contributed by atoms with van der Waals surface area (Å²) in [7, 11) is 0. The number of benzene rings is 1. The Morgan fingerprint density at radius 2 is 2.06 bits per heavy atom. The molecule has 0 radical (unpaired) electrons. The van der Waals surface area contributed by atoms with Crippen molar-refractivity contribution in [2.24, 2.45) is 5.73 Å². The highest BCUT2D eigenvalue weighted by Gasteiger charge is 2.13. The molecule has 1 aromatic heterocycles. The Morgan fingerprint density at radius 3 is 2.65 bits per heavy atom. The van der Waals surface area contributed by atoms with Crippen LogP contribution in [0.2, 0.25) is 0 Å². The quantitative estimate of drug-likeness (QED) is 0.889. The SMILES string of the molecule is Cc1sccc1C(N)Cc1ccc(F)cc1F. The minimum atomic E-state index is -0.563. The molecule has 0 aliphatic carbocycles. The lowest BCUT2D eigenvalue weighted by Crippen LogP contribution is -2.14. The molecule has 17 heavy (non-hydrogen) atoms. The maximum Gasteiger partial charge on any atom is 0.129 e. The first-order valence-corrected chi connectivity index (χ1v) is 6.19. The zero-order valence-electron chi connectivity index (χ0n) is 9.41. The van der Waals surface area contributed by atoms with Gasteiger partial charge in [-0.05, 0) is 42.0 Å². The van der Waals surface area contributed by atoms with Gasteiger partial charge in [-0.2, -0.15) is 0 Å². The molecule has 0 saturated carbocycles. The van der Waals surface area contributed by atoms with Crippen molar-refractivity contribution >= 4 is 11.3 Å². The van der Waals surface area contributed by atoms with E-state index in [1.807, 2.05) is 18.4 Å². The van der Waals surface area contributed by atoms with Gasteiger partial charge in [0.2, 0.25) is 0 Å². The highest BCUT2D eigenvalue weighted by molar-refractivity contribution is 7.10. The summed E-state index contributed by atoms with van der Waals surface area (Å²) in [6.45, 7) is 1.99. The lowest BCUT2D eigenvalue weighted by atomic mass is 10.00. The molecule has 0 amide bonds. The van der Waals surface area contributed by atoms with Crippen molar-refractivity contribution in [3.05, 3.63) is 57.3 Å². The molecule has 90 valence electrons. The molecule has 2 N–H and O–H groups in total. The monoisotopic (exact) mass is 253 g/mol. The van der Waals surface area contributed by atoms with Gasteiger partial charge < -0.3 is 5.73 Å². The van der Waals surface area contributed by atoms with E-state index in [0.717, 1.165) is 16.5 Å². The van der Waals surface area contributed by atoms with Crippen LogP contribution in [-0.4, -0.2) is 0 Å². The van der Waals surface area contributed by atoms with Crippen molar-refractivity contribution in [1.82, 2.24) is 0 Å². The second kappa shape index (κ2) is 4.94. The Bertz CT molecular complexity index is 522. The summed E-state index contributed by atoms with van der Waals surface area (Å²) in [6.07, 6.45) is 0.379. The summed E-state index contributed by atoms with van der Waals surface area (Å²) in [6, 6.07) is 5.30. The largest absolute Gasteiger partial charge is 0.324 e. The van der Waals surface area contributed by atoms with Crippen molar-refractivity contribution in [3.63, 3.8) is 0 Å². The molecule has 1 atom stereocenters.